The summed E-state index contributed by atoms with van der Waals surface area (Å²) in [5, 5.41) is 11.5. The number of likely N-dealkylation sites (tertiary alicyclic amines) is 1. The standard InChI is InChI=1S/C14H16N2O4S/c1-16-8-9(2-6-12(16)17)15-14(20)11-5-3-10(21-11)4-7-13(18)19/h3-5,7,9H,2,6,8H2,1H3,(H,15,20)(H,18,19). The Labute approximate surface area is 126 Å². The van der Waals surface area contributed by atoms with Crippen molar-refractivity contribution in [3.05, 3.63) is 28.0 Å². The van der Waals surface area contributed by atoms with Gasteiger partial charge in [-0.3, -0.25) is 9.59 Å². The zero-order valence-electron chi connectivity index (χ0n) is 11.5. The van der Waals surface area contributed by atoms with Gasteiger partial charge in [-0.25, -0.2) is 4.79 Å². The minimum atomic E-state index is -1.02. The van der Waals surface area contributed by atoms with Crippen molar-refractivity contribution in [1.29, 1.82) is 0 Å². The van der Waals surface area contributed by atoms with Crippen LogP contribution in [0.3, 0.4) is 0 Å². The average molecular weight is 308 g/mol. The number of nitrogens with one attached hydrogen (secondary N) is 1. The molecule has 0 aromatic carbocycles. The number of hydrogen-bond donors (Lipinski definition) is 2. The second kappa shape index (κ2) is 6.53. The van der Waals surface area contributed by atoms with Crippen LogP contribution in [-0.4, -0.2) is 47.4 Å². The molecule has 1 aromatic heterocycles. The number of rotatable bonds is 4. The number of carbonyl (C=O) groups is 3. The summed E-state index contributed by atoms with van der Waals surface area (Å²) in [5.74, 6) is -1.12. The molecule has 0 radical (unpaired) electrons. The Morgan fingerprint density at radius 2 is 2.24 bits per heavy atom. The molecule has 112 valence electrons. The van der Waals surface area contributed by atoms with E-state index in [1.54, 1.807) is 24.1 Å². The van der Waals surface area contributed by atoms with Crippen molar-refractivity contribution in [3.63, 3.8) is 0 Å². The van der Waals surface area contributed by atoms with Crippen molar-refractivity contribution < 1.29 is 19.5 Å². The van der Waals surface area contributed by atoms with Gasteiger partial charge in [0.25, 0.3) is 5.91 Å². The molecule has 2 heterocycles. The molecule has 2 amide bonds. The van der Waals surface area contributed by atoms with Crippen molar-refractivity contribution in [2.75, 3.05) is 13.6 Å². The smallest absolute Gasteiger partial charge is 0.328 e. The Morgan fingerprint density at radius 1 is 1.48 bits per heavy atom. The second-order valence-corrected chi connectivity index (χ2v) is 5.97. The average Bonchev–Trinajstić information content (AvgIpc) is 2.89. The fourth-order valence-electron chi connectivity index (χ4n) is 2.10. The molecule has 7 heteroatoms. The Bertz CT molecular complexity index is 594. The summed E-state index contributed by atoms with van der Waals surface area (Å²) in [6.45, 7) is 0.516. The highest BCUT2D eigenvalue weighted by Gasteiger charge is 2.24. The first-order valence-electron chi connectivity index (χ1n) is 6.51. The molecule has 2 rings (SSSR count). The van der Waals surface area contributed by atoms with Crippen LogP contribution in [0.15, 0.2) is 18.2 Å². The highest BCUT2D eigenvalue weighted by atomic mass is 32.1. The van der Waals surface area contributed by atoms with E-state index in [1.165, 1.54) is 17.4 Å². The maximum absolute atomic E-state index is 12.1. The van der Waals surface area contributed by atoms with E-state index in [-0.39, 0.29) is 17.9 Å². The van der Waals surface area contributed by atoms with Crippen molar-refractivity contribution in [1.82, 2.24) is 10.2 Å². The molecule has 1 atom stereocenters. The molecule has 1 saturated heterocycles. The van der Waals surface area contributed by atoms with Gasteiger partial charge in [-0.15, -0.1) is 11.3 Å². The van der Waals surface area contributed by atoms with Crippen LogP contribution in [0.1, 0.15) is 27.4 Å². The summed E-state index contributed by atoms with van der Waals surface area (Å²) in [6, 6.07) is 3.33. The molecule has 21 heavy (non-hydrogen) atoms. The lowest BCUT2D eigenvalue weighted by Gasteiger charge is -2.29. The van der Waals surface area contributed by atoms with Gasteiger partial charge in [-0.2, -0.15) is 0 Å². The number of piperidine rings is 1. The van der Waals surface area contributed by atoms with Gasteiger partial charge >= 0.3 is 5.97 Å². The number of amides is 2. The maximum atomic E-state index is 12.1. The number of thiophene rings is 1. The largest absolute Gasteiger partial charge is 0.478 e. The molecule has 0 saturated carbocycles. The summed E-state index contributed by atoms with van der Waals surface area (Å²) < 4.78 is 0. The summed E-state index contributed by atoms with van der Waals surface area (Å²) in [7, 11) is 1.72. The Balaban J connectivity index is 1.94. The zero-order chi connectivity index (χ0) is 15.4. The van der Waals surface area contributed by atoms with Gasteiger partial charge in [0.15, 0.2) is 0 Å². The predicted octanol–water partition coefficient (Wildman–Crippen LogP) is 1.20. The third-order valence-corrected chi connectivity index (χ3v) is 4.25. The predicted molar refractivity (Wildman–Crippen MR) is 79.1 cm³/mol. The number of carbonyl (C=O) groups excluding carboxylic acids is 2. The van der Waals surface area contributed by atoms with Gasteiger partial charge in [-0.05, 0) is 24.6 Å². The van der Waals surface area contributed by atoms with E-state index in [0.717, 1.165) is 6.08 Å². The lowest BCUT2D eigenvalue weighted by atomic mass is 10.1. The lowest BCUT2D eigenvalue weighted by Crippen LogP contribution is -2.48. The normalized spacial score (nSPS) is 19.0. The van der Waals surface area contributed by atoms with E-state index in [4.69, 9.17) is 5.11 Å². The number of aliphatic carboxylic acids is 1. The van der Waals surface area contributed by atoms with Gasteiger partial charge in [0.05, 0.1) is 4.88 Å². The zero-order valence-corrected chi connectivity index (χ0v) is 12.4. The third-order valence-electron chi connectivity index (χ3n) is 3.20. The number of hydrogen-bond acceptors (Lipinski definition) is 4. The van der Waals surface area contributed by atoms with Crippen LogP contribution in [0.25, 0.3) is 6.08 Å². The first-order valence-corrected chi connectivity index (χ1v) is 7.33. The Kier molecular flexibility index (Phi) is 4.74. The molecule has 0 spiro atoms. The number of carboxylic acid groups (broad SMARTS) is 1. The molecule has 1 fully saturated rings. The van der Waals surface area contributed by atoms with E-state index in [2.05, 4.69) is 5.32 Å². The van der Waals surface area contributed by atoms with E-state index in [0.29, 0.717) is 29.1 Å². The van der Waals surface area contributed by atoms with Gasteiger partial charge in [-0.1, -0.05) is 0 Å². The summed E-state index contributed by atoms with van der Waals surface area (Å²) in [4.78, 5) is 36.8. The van der Waals surface area contributed by atoms with Gasteiger partial charge in [0, 0.05) is 37.0 Å². The molecular weight excluding hydrogens is 292 g/mol. The molecular formula is C14H16N2O4S. The van der Waals surface area contributed by atoms with E-state index >= 15 is 0 Å². The molecule has 0 aliphatic carbocycles. The minimum Gasteiger partial charge on any atom is -0.478 e. The first kappa shape index (κ1) is 15.2. The Hall–Kier alpha value is -2.15. The van der Waals surface area contributed by atoms with Gasteiger partial charge < -0.3 is 15.3 Å². The summed E-state index contributed by atoms with van der Waals surface area (Å²) in [5.41, 5.74) is 0. The van der Waals surface area contributed by atoms with Crippen LogP contribution in [0, 0.1) is 0 Å². The maximum Gasteiger partial charge on any atom is 0.328 e. The summed E-state index contributed by atoms with van der Waals surface area (Å²) in [6.07, 6.45) is 3.58. The fourth-order valence-corrected chi connectivity index (χ4v) is 2.92. The number of likely N-dealkylation sites (N-methyl/N-ethyl adjacent to an activating group) is 1. The van der Waals surface area contributed by atoms with Crippen LogP contribution in [0.5, 0.6) is 0 Å². The van der Waals surface area contributed by atoms with E-state index in [1.807, 2.05) is 0 Å². The monoisotopic (exact) mass is 308 g/mol. The van der Waals surface area contributed by atoms with Gasteiger partial charge in [0.2, 0.25) is 5.91 Å². The minimum absolute atomic E-state index is 0.0414. The van der Waals surface area contributed by atoms with Crippen LogP contribution in [0.4, 0.5) is 0 Å². The second-order valence-electron chi connectivity index (χ2n) is 4.86. The van der Waals surface area contributed by atoms with Crippen molar-refractivity contribution in [2.24, 2.45) is 0 Å². The topological polar surface area (TPSA) is 86.7 Å². The summed E-state index contributed by atoms with van der Waals surface area (Å²) >= 11 is 1.23. The van der Waals surface area contributed by atoms with Crippen LogP contribution >= 0.6 is 11.3 Å². The van der Waals surface area contributed by atoms with Gasteiger partial charge in [0.1, 0.15) is 0 Å². The fraction of sp³-hybridized carbons (Fsp3) is 0.357. The number of nitrogens with zero attached hydrogens (tertiary/aromatic N) is 1. The van der Waals surface area contributed by atoms with Crippen molar-refractivity contribution in [2.45, 2.75) is 18.9 Å². The molecule has 2 N–H and O–H groups in total. The third kappa shape index (κ3) is 4.16. The van der Waals surface area contributed by atoms with E-state index in [9.17, 15) is 14.4 Å². The van der Waals surface area contributed by atoms with Crippen LogP contribution in [0.2, 0.25) is 0 Å². The highest BCUT2D eigenvalue weighted by molar-refractivity contribution is 7.14. The SMILES string of the molecule is CN1CC(NC(=O)c2ccc(C=CC(=O)O)s2)CCC1=O. The molecule has 1 unspecified atom stereocenters. The molecule has 6 nitrogen and oxygen atoms in total. The van der Waals surface area contributed by atoms with E-state index < -0.39 is 5.97 Å². The molecule has 1 aromatic rings. The lowest BCUT2D eigenvalue weighted by molar-refractivity contribution is -0.132. The Morgan fingerprint density at radius 3 is 2.90 bits per heavy atom. The van der Waals surface area contributed by atoms with Crippen molar-refractivity contribution >= 4 is 35.2 Å². The molecule has 1 aliphatic rings. The van der Waals surface area contributed by atoms with Crippen LogP contribution in [-0.2, 0) is 9.59 Å². The quantitative estimate of drug-likeness (QED) is 0.818. The highest BCUT2D eigenvalue weighted by Crippen LogP contribution is 2.19. The number of carboxylic acids is 1. The van der Waals surface area contributed by atoms with Crippen LogP contribution < -0.4 is 5.32 Å². The molecule has 1 aliphatic heterocycles. The van der Waals surface area contributed by atoms with Crippen molar-refractivity contribution in [3.8, 4) is 0 Å². The molecule has 0 bridgehead atoms. The first-order chi connectivity index (χ1) is 9.95.